The number of benzene rings is 2. The van der Waals surface area contributed by atoms with Crippen LogP contribution in [0.15, 0.2) is 53.7 Å². The largest absolute Gasteiger partial charge is 0.365 e. The van der Waals surface area contributed by atoms with Crippen LogP contribution in [0.5, 0.6) is 0 Å². The fourth-order valence-electron chi connectivity index (χ4n) is 2.32. The molecule has 0 unspecified atom stereocenters. The van der Waals surface area contributed by atoms with Crippen molar-refractivity contribution in [3.05, 3.63) is 70.8 Å². The average Bonchev–Trinajstić information content (AvgIpc) is 2.88. The highest BCUT2D eigenvalue weighted by Gasteiger charge is 2.17. The summed E-state index contributed by atoms with van der Waals surface area (Å²) in [5, 5.41) is 4.00. The molecule has 0 aromatic heterocycles. The van der Waals surface area contributed by atoms with Crippen molar-refractivity contribution in [2.45, 2.75) is 19.8 Å². The van der Waals surface area contributed by atoms with Gasteiger partial charge in [-0.05, 0) is 30.2 Å². The molecule has 1 aliphatic rings. The third kappa shape index (κ3) is 2.62. The summed E-state index contributed by atoms with van der Waals surface area (Å²) in [7, 11) is 0. The first-order valence-corrected chi connectivity index (χ1v) is 6.63. The number of aryl methyl sites for hydroxylation is 1. The highest BCUT2D eigenvalue weighted by molar-refractivity contribution is 5.94. The van der Waals surface area contributed by atoms with E-state index in [1.807, 2.05) is 31.2 Å². The van der Waals surface area contributed by atoms with E-state index in [9.17, 15) is 4.79 Å². The molecule has 0 atom stereocenters. The minimum atomic E-state index is -0.409. The summed E-state index contributed by atoms with van der Waals surface area (Å²) < 4.78 is 0. The van der Waals surface area contributed by atoms with Gasteiger partial charge in [-0.15, -0.1) is 0 Å². The van der Waals surface area contributed by atoms with Crippen LogP contribution in [-0.4, -0.2) is 11.7 Å². The van der Waals surface area contributed by atoms with Gasteiger partial charge in [0, 0.05) is 12.8 Å². The summed E-state index contributed by atoms with van der Waals surface area (Å²) in [6.07, 6.45) is 1.52. The molecule has 0 spiro atoms. The van der Waals surface area contributed by atoms with Gasteiger partial charge in [0.05, 0.1) is 11.3 Å². The molecule has 0 bridgehead atoms. The minimum absolute atomic E-state index is 0.409. The molecule has 0 N–H and O–H groups in total. The lowest BCUT2D eigenvalue weighted by Crippen LogP contribution is -2.05. The maximum absolute atomic E-state index is 11.9. The summed E-state index contributed by atoms with van der Waals surface area (Å²) in [5.41, 5.74) is 5.05. The molecule has 0 saturated carbocycles. The van der Waals surface area contributed by atoms with Crippen LogP contribution in [0, 0.1) is 6.92 Å². The third-order valence-electron chi connectivity index (χ3n) is 3.45. The van der Waals surface area contributed by atoms with Gasteiger partial charge in [-0.2, -0.15) is 0 Å². The Balaban J connectivity index is 1.67. The van der Waals surface area contributed by atoms with Crippen molar-refractivity contribution < 1.29 is 9.63 Å². The fourth-order valence-corrected chi connectivity index (χ4v) is 2.32. The summed E-state index contributed by atoms with van der Waals surface area (Å²) in [4.78, 5) is 16.9. The van der Waals surface area contributed by atoms with E-state index >= 15 is 0 Å². The Morgan fingerprint density at radius 2 is 1.60 bits per heavy atom. The number of carbonyl (C=O) groups is 1. The Hall–Kier alpha value is -2.42. The van der Waals surface area contributed by atoms with Crippen LogP contribution in [0.1, 0.15) is 27.0 Å². The average molecular weight is 265 g/mol. The SMILES string of the molecule is Cc1ccc(C(=O)ON=C2Cc3ccccc3C2)cc1. The molecule has 0 fully saturated rings. The van der Waals surface area contributed by atoms with Crippen molar-refractivity contribution in [1.29, 1.82) is 0 Å². The monoisotopic (exact) mass is 265 g/mol. The quantitative estimate of drug-likeness (QED) is 0.617. The lowest BCUT2D eigenvalue weighted by atomic mass is 10.1. The molecule has 3 heteroatoms. The summed E-state index contributed by atoms with van der Waals surface area (Å²) in [6.45, 7) is 1.98. The number of hydrogen-bond acceptors (Lipinski definition) is 3. The highest BCUT2D eigenvalue weighted by Crippen LogP contribution is 2.19. The van der Waals surface area contributed by atoms with E-state index in [0.29, 0.717) is 5.56 Å². The molecule has 3 rings (SSSR count). The second-order valence-corrected chi connectivity index (χ2v) is 5.02. The lowest BCUT2D eigenvalue weighted by molar-refractivity contribution is 0.0515. The third-order valence-corrected chi connectivity index (χ3v) is 3.45. The number of nitrogens with zero attached hydrogens (tertiary/aromatic N) is 1. The van der Waals surface area contributed by atoms with E-state index in [-0.39, 0.29) is 0 Å². The van der Waals surface area contributed by atoms with Crippen LogP contribution in [-0.2, 0) is 17.7 Å². The molecule has 0 heterocycles. The molecule has 0 aliphatic heterocycles. The molecule has 0 amide bonds. The van der Waals surface area contributed by atoms with Crippen LogP contribution in [0.4, 0.5) is 0 Å². The Labute approximate surface area is 117 Å². The zero-order valence-electron chi connectivity index (χ0n) is 11.3. The molecule has 1 aliphatic carbocycles. The van der Waals surface area contributed by atoms with Gasteiger partial charge < -0.3 is 4.84 Å². The van der Waals surface area contributed by atoms with Gasteiger partial charge in [-0.25, -0.2) is 4.79 Å². The lowest BCUT2D eigenvalue weighted by Gasteiger charge is -2.00. The van der Waals surface area contributed by atoms with Crippen molar-refractivity contribution in [3.63, 3.8) is 0 Å². The van der Waals surface area contributed by atoms with E-state index in [2.05, 4.69) is 17.3 Å². The number of oxime groups is 1. The second kappa shape index (κ2) is 5.29. The highest BCUT2D eigenvalue weighted by atomic mass is 16.7. The topological polar surface area (TPSA) is 38.7 Å². The molecule has 0 radical (unpaired) electrons. The Kier molecular flexibility index (Phi) is 3.33. The van der Waals surface area contributed by atoms with E-state index in [1.54, 1.807) is 12.1 Å². The number of rotatable bonds is 2. The Morgan fingerprint density at radius 3 is 2.20 bits per heavy atom. The molecule has 20 heavy (non-hydrogen) atoms. The molecule has 2 aromatic rings. The van der Waals surface area contributed by atoms with Crippen LogP contribution in [0.25, 0.3) is 0 Å². The molecule has 2 aromatic carbocycles. The summed E-state index contributed by atoms with van der Waals surface area (Å²) in [5.74, 6) is -0.409. The predicted octanol–water partition coefficient (Wildman–Crippen LogP) is 3.31. The summed E-state index contributed by atoms with van der Waals surface area (Å²) in [6, 6.07) is 15.5. The first kappa shape index (κ1) is 12.6. The maximum Gasteiger partial charge on any atom is 0.365 e. The van der Waals surface area contributed by atoms with Crippen LogP contribution >= 0.6 is 0 Å². The van der Waals surface area contributed by atoms with Crippen molar-refractivity contribution >= 4 is 11.7 Å². The zero-order chi connectivity index (χ0) is 13.9. The summed E-state index contributed by atoms with van der Waals surface area (Å²) >= 11 is 0. The maximum atomic E-state index is 11.9. The van der Waals surface area contributed by atoms with Crippen molar-refractivity contribution in [2.75, 3.05) is 0 Å². The molecule has 3 nitrogen and oxygen atoms in total. The zero-order valence-corrected chi connectivity index (χ0v) is 11.3. The van der Waals surface area contributed by atoms with Crippen molar-refractivity contribution in [1.82, 2.24) is 0 Å². The van der Waals surface area contributed by atoms with Crippen LogP contribution in [0.2, 0.25) is 0 Å². The predicted molar refractivity (Wildman–Crippen MR) is 77.9 cm³/mol. The van der Waals surface area contributed by atoms with Crippen LogP contribution in [0.3, 0.4) is 0 Å². The fraction of sp³-hybridized carbons (Fsp3) is 0.176. The van der Waals surface area contributed by atoms with Crippen molar-refractivity contribution in [3.8, 4) is 0 Å². The van der Waals surface area contributed by atoms with Crippen LogP contribution < -0.4 is 0 Å². The number of hydrogen-bond donors (Lipinski definition) is 0. The van der Waals surface area contributed by atoms with E-state index in [1.165, 1.54) is 11.1 Å². The van der Waals surface area contributed by atoms with E-state index in [0.717, 1.165) is 24.1 Å². The normalized spacial score (nSPS) is 12.9. The molecular formula is C17H15NO2. The Morgan fingerprint density at radius 1 is 1.00 bits per heavy atom. The second-order valence-electron chi connectivity index (χ2n) is 5.02. The van der Waals surface area contributed by atoms with Gasteiger partial charge in [0.25, 0.3) is 0 Å². The van der Waals surface area contributed by atoms with Crippen molar-refractivity contribution in [2.24, 2.45) is 5.16 Å². The molecule has 0 saturated heterocycles. The first-order valence-electron chi connectivity index (χ1n) is 6.63. The minimum Gasteiger partial charge on any atom is -0.313 e. The number of carbonyl (C=O) groups excluding carboxylic acids is 1. The first-order chi connectivity index (χ1) is 9.72. The van der Waals surface area contributed by atoms with Gasteiger partial charge in [0.15, 0.2) is 0 Å². The number of fused-ring (bicyclic) bond motifs is 1. The van der Waals surface area contributed by atoms with Gasteiger partial charge in [0.1, 0.15) is 0 Å². The van der Waals surface area contributed by atoms with Gasteiger partial charge >= 0.3 is 5.97 Å². The standard InChI is InChI=1S/C17H15NO2/c1-12-6-8-13(9-7-12)17(19)20-18-16-10-14-4-2-3-5-15(14)11-16/h2-9H,10-11H2,1H3. The van der Waals surface area contributed by atoms with E-state index < -0.39 is 5.97 Å². The van der Waals surface area contributed by atoms with Gasteiger partial charge in [-0.1, -0.05) is 47.1 Å². The van der Waals surface area contributed by atoms with Gasteiger partial charge in [0.2, 0.25) is 0 Å². The smallest absolute Gasteiger partial charge is 0.313 e. The molecule has 100 valence electrons. The molecular weight excluding hydrogens is 250 g/mol. The van der Waals surface area contributed by atoms with Gasteiger partial charge in [-0.3, -0.25) is 0 Å². The Bertz CT molecular complexity index is 645. The van der Waals surface area contributed by atoms with E-state index in [4.69, 9.17) is 4.84 Å².